The molecule has 1 heterocycles. The number of amides is 2. The van der Waals surface area contributed by atoms with E-state index in [1.165, 1.54) is 43.5 Å². The van der Waals surface area contributed by atoms with Crippen molar-refractivity contribution >= 4 is 29.4 Å². The van der Waals surface area contributed by atoms with Crippen molar-refractivity contribution in [3.05, 3.63) is 59.7 Å². The molecule has 7 nitrogen and oxygen atoms in total. The van der Waals surface area contributed by atoms with Crippen LogP contribution in [0.5, 0.6) is 5.75 Å². The van der Waals surface area contributed by atoms with E-state index >= 15 is 0 Å². The molecule has 2 amide bonds. The zero-order valence-corrected chi connectivity index (χ0v) is 13.9. The highest BCUT2D eigenvalue weighted by molar-refractivity contribution is 6.20. The van der Waals surface area contributed by atoms with Crippen molar-refractivity contribution in [1.29, 1.82) is 0 Å². The molecule has 0 unspecified atom stereocenters. The number of hydrogen-bond acceptors (Lipinski definition) is 6. The van der Waals surface area contributed by atoms with Gasteiger partial charge >= 0.3 is 11.9 Å². The van der Waals surface area contributed by atoms with E-state index in [1.807, 2.05) is 0 Å². The second-order valence-corrected chi connectivity index (χ2v) is 5.58. The van der Waals surface area contributed by atoms with E-state index in [0.717, 1.165) is 4.90 Å². The average molecular weight is 353 g/mol. The fraction of sp³-hybridized carbons (Fsp3) is 0.158. The van der Waals surface area contributed by atoms with Gasteiger partial charge in [0, 0.05) is 12.8 Å². The number of nitrogens with zero attached hydrogens (tertiary/aromatic N) is 1. The predicted octanol–water partition coefficient (Wildman–Crippen LogP) is 2.35. The van der Waals surface area contributed by atoms with E-state index in [1.54, 1.807) is 12.1 Å². The van der Waals surface area contributed by atoms with Gasteiger partial charge in [0.2, 0.25) is 11.8 Å². The Balaban J connectivity index is 1.76. The van der Waals surface area contributed by atoms with Gasteiger partial charge < -0.3 is 9.47 Å². The summed E-state index contributed by atoms with van der Waals surface area (Å²) in [6.45, 7) is 0. The molecular weight excluding hydrogens is 338 g/mol. The molecule has 1 aliphatic heterocycles. The van der Waals surface area contributed by atoms with Crippen molar-refractivity contribution in [1.82, 2.24) is 0 Å². The molecule has 132 valence electrons. The van der Waals surface area contributed by atoms with E-state index in [4.69, 9.17) is 4.74 Å². The predicted molar refractivity (Wildman–Crippen MR) is 90.9 cm³/mol. The van der Waals surface area contributed by atoms with Gasteiger partial charge in [-0.2, -0.15) is 0 Å². The average Bonchev–Trinajstić information content (AvgIpc) is 3.00. The highest BCUT2D eigenvalue weighted by Gasteiger charge is 2.30. The van der Waals surface area contributed by atoms with Crippen molar-refractivity contribution < 1.29 is 28.7 Å². The van der Waals surface area contributed by atoms with E-state index in [2.05, 4.69) is 4.74 Å². The third-order valence-corrected chi connectivity index (χ3v) is 3.88. The fourth-order valence-electron chi connectivity index (χ4n) is 2.58. The van der Waals surface area contributed by atoms with Crippen LogP contribution in [0, 0.1) is 0 Å². The van der Waals surface area contributed by atoms with Crippen LogP contribution in [-0.2, 0) is 14.3 Å². The van der Waals surface area contributed by atoms with Crippen LogP contribution in [0.2, 0.25) is 0 Å². The Morgan fingerprint density at radius 3 is 2.15 bits per heavy atom. The summed E-state index contributed by atoms with van der Waals surface area (Å²) in [6.07, 6.45) is 0.333. The standard InChI is InChI=1S/C19H15NO6/c1-25-18(23)12-5-7-15(8-6-12)26-19(24)13-3-2-4-14(11-13)20-16(21)9-10-17(20)22/h2-8,11H,9-10H2,1H3. The van der Waals surface area contributed by atoms with Gasteiger partial charge in [0.15, 0.2) is 0 Å². The van der Waals surface area contributed by atoms with Crippen LogP contribution < -0.4 is 9.64 Å². The number of ether oxygens (including phenoxy) is 2. The topological polar surface area (TPSA) is 90.0 Å². The molecule has 0 atom stereocenters. The molecule has 1 aliphatic rings. The van der Waals surface area contributed by atoms with Crippen molar-refractivity contribution in [2.75, 3.05) is 12.0 Å². The third-order valence-electron chi connectivity index (χ3n) is 3.88. The first-order chi connectivity index (χ1) is 12.5. The highest BCUT2D eigenvalue weighted by Crippen LogP contribution is 2.24. The van der Waals surface area contributed by atoms with Gasteiger partial charge in [0.25, 0.3) is 0 Å². The van der Waals surface area contributed by atoms with Gasteiger partial charge in [0.05, 0.1) is 23.9 Å². The maximum Gasteiger partial charge on any atom is 0.343 e. The molecule has 0 radical (unpaired) electrons. The normalized spacial score (nSPS) is 13.7. The number of methoxy groups -OCH3 is 1. The van der Waals surface area contributed by atoms with Crippen LogP contribution in [0.25, 0.3) is 0 Å². The number of imide groups is 1. The molecule has 0 N–H and O–H groups in total. The molecule has 1 saturated heterocycles. The van der Waals surface area contributed by atoms with Crippen LogP contribution in [0.1, 0.15) is 33.6 Å². The number of carbonyl (C=O) groups is 4. The van der Waals surface area contributed by atoms with Gasteiger partial charge in [-0.05, 0) is 42.5 Å². The highest BCUT2D eigenvalue weighted by atomic mass is 16.5. The molecule has 7 heteroatoms. The molecule has 0 saturated carbocycles. The Hall–Kier alpha value is -3.48. The molecule has 0 spiro atoms. The smallest absolute Gasteiger partial charge is 0.343 e. The van der Waals surface area contributed by atoms with Crippen molar-refractivity contribution in [3.8, 4) is 5.75 Å². The summed E-state index contributed by atoms with van der Waals surface area (Å²) in [5.74, 6) is -1.47. The quantitative estimate of drug-likeness (QED) is 0.476. The van der Waals surface area contributed by atoms with Crippen LogP contribution in [0.15, 0.2) is 48.5 Å². The summed E-state index contributed by atoms with van der Waals surface area (Å²) in [4.78, 5) is 48.4. The summed E-state index contributed by atoms with van der Waals surface area (Å²) in [5, 5.41) is 0. The van der Waals surface area contributed by atoms with Crippen LogP contribution in [0.4, 0.5) is 5.69 Å². The lowest BCUT2D eigenvalue weighted by molar-refractivity contribution is -0.121. The first-order valence-corrected chi connectivity index (χ1v) is 7.86. The minimum absolute atomic E-state index is 0.167. The fourth-order valence-corrected chi connectivity index (χ4v) is 2.58. The van der Waals surface area contributed by atoms with E-state index in [0.29, 0.717) is 11.3 Å². The van der Waals surface area contributed by atoms with Crippen LogP contribution in [0.3, 0.4) is 0 Å². The number of anilines is 1. The van der Waals surface area contributed by atoms with Gasteiger partial charge in [-0.3, -0.25) is 14.5 Å². The Kier molecular flexibility index (Phi) is 4.79. The lowest BCUT2D eigenvalue weighted by Crippen LogP contribution is -2.28. The molecule has 0 aliphatic carbocycles. The number of esters is 2. The third kappa shape index (κ3) is 3.46. The zero-order valence-electron chi connectivity index (χ0n) is 13.9. The minimum atomic E-state index is -0.642. The summed E-state index contributed by atoms with van der Waals surface area (Å²) >= 11 is 0. The van der Waals surface area contributed by atoms with E-state index in [9.17, 15) is 19.2 Å². The van der Waals surface area contributed by atoms with Crippen LogP contribution in [-0.4, -0.2) is 30.9 Å². The molecule has 26 heavy (non-hydrogen) atoms. The number of hydrogen-bond donors (Lipinski definition) is 0. The van der Waals surface area contributed by atoms with Gasteiger partial charge in [-0.15, -0.1) is 0 Å². The largest absolute Gasteiger partial charge is 0.465 e. The molecule has 3 rings (SSSR count). The first kappa shape index (κ1) is 17.3. The summed E-state index contributed by atoms with van der Waals surface area (Å²) in [5.41, 5.74) is 0.875. The lowest BCUT2D eigenvalue weighted by Gasteiger charge is -2.14. The summed E-state index contributed by atoms with van der Waals surface area (Å²) < 4.78 is 9.86. The summed E-state index contributed by atoms with van der Waals surface area (Å²) in [7, 11) is 1.28. The molecule has 2 aromatic rings. The Labute approximate surface area is 149 Å². The maximum absolute atomic E-state index is 12.3. The van der Waals surface area contributed by atoms with Gasteiger partial charge in [0.1, 0.15) is 5.75 Å². The van der Waals surface area contributed by atoms with Crippen molar-refractivity contribution in [2.45, 2.75) is 12.8 Å². The van der Waals surface area contributed by atoms with Crippen molar-refractivity contribution in [3.63, 3.8) is 0 Å². The zero-order chi connectivity index (χ0) is 18.7. The molecule has 0 aromatic heterocycles. The second kappa shape index (κ2) is 7.18. The maximum atomic E-state index is 12.3. The molecule has 2 aromatic carbocycles. The molecule has 1 fully saturated rings. The van der Waals surface area contributed by atoms with E-state index < -0.39 is 11.9 Å². The monoisotopic (exact) mass is 353 g/mol. The SMILES string of the molecule is COC(=O)c1ccc(OC(=O)c2cccc(N3C(=O)CCC3=O)c2)cc1. The molecule has 0 bridgehead atoms. The number of carbonyl (C=O) groups excluding carboxylic acids is 4. The second-order valence-electron chi connectivity index (χ2n) is 5.58. The number of rotatable bonds is 4. The minimum Gasteiger partial charge on any atom is -0.465 e. The lowest BCUT2D eigenvalue weighted by atomic mass is 10.2. The van der Waals surface area contributed by atoms with E-state index in [-0.39, 0.29) is 36.0 Å². The molecular formula is C19H15NO6. The first-order valence-electron chi connectivity index (χ1n) is 7.86. The van der Waals surface area contributed by atoms with Crippen molar-refractivity contribution in [2.24, 2.45) is 0 Å². The Morgan fingerprint density at radius 1 is 0.885 bits per heavy atom. The van der Waals surface area contributed by atoms with Gasteiger partial charge in [-0.25, -0.2) is 9.59 Å². The Morgan fingerprint density at radius 2 is 1.54 bits per heavy atom. The number of benzene rings is 2. The summed E-state index contributed by atoms with van der Waals surface area (Å²) in [6, 6.07) is 12.0. The van der Waals surface area contributed by atoms with Gasteiger partial charge in [-0.1, -0.05) is 6.07 Å². The Bertz CT molecular complexity index is 871. The van der Waals surface area contributed by atoms with Crippen LogP contribution >= 0.6 is 0 Å².